The molecule has 1 fully saturated rings. The summed E-state index contributed by atoms with van der Waals surface area (Å²) in [6.07, 6.45) is -4.42. The molecule has 1 heterocycles. The van der Waals surface area contributed by atoms with Gasteiger partial charge in [0.15, 0.2) is 0 Å². The van der Waals surface area contributed by atoms with E-state index in [0.29, 0.717) is 37.3 Å². The van der Waals surface area contributed by atoms with Crippen molar-refractivity contribution in [3.63, 3.8) is 0 Å². The molecule has 0 radical (unpaired) electrons. The van der Waals surface area contributed by atoms with Gasteiger partial charge in [0.1, 0.15) is 5.82 Å². The highest BCUT2D eigenvalue weighted by molar-refractivity contribution is 5.94. The van der Waals surface area contributed by atoms with Crippen LogP contribution in [0.1, 0.15) is 52.4 Å². The lowest BCUT2D eigenvalue weighted by Crippen LogP contribution is -2.42. The first-order valence-corrected chi connectivity index (χ1v) is 12.5. The number of benzene rings is 3. The normalized spacial score (nSPS) is 18.4. The maximum Gasteiger partial charge on any atom is 0.416 e. The van der Waals surface area contributed by atoms with Crippen molar-refractivity contribution in [3.05, 3.63) is 106 Å². The molecule has 0 saturated carbocycles. The monoisotopic (exact) mass is 512 g/mol. The van der Waals surface area contributed by atoms with Gasteiger partial charge in [0.25, 0.3) is 5.91 Å². The Morgan fingerprint density at radius 2 is 1.70 bits per heavy atom. The fourth-order valence-electron chi connectivity index (χ4n) is 5.21. The summed E-state index contributed by atoms with van der Waals surface area (Å²) in [6, 6.07) is 19.1. The first-order chi connectivity index (χ1) is 17.5. The minimum atomic E-state index is -4.42. The number of rotatable bonds is 7. The molecule has 0 bridgehead atoms. The number of hydrogen-bond acceptors (Lipinski definition) is 2. The molecule has 37 heavy (non-hydrogen) atoms. The second kappa shape index (κ2) is 11.1. The van der Waals surface area contributed by atoms with Crippen LogP contribution in [-0.2, 0) is 12.7 Å². The zero-order chi connectivity index (χ0) is 26.7. The molecule has 3 aromatic carbocycles. The fraction of sp³-hybridized carbons (Fsp3) is 0.367. The Morgan fingerprint density at radius 3 is 2.35 bits per heavy atom. The van der Waals surface area contributed by atoms with Crippen LogP contribution >= 0.6 is 0 Å². The first-order valence-electron chi connectivity index (χ1n) is 12.5. The number of carbonyl (C=O) groups excluding carboxylic acids is 1. The molecule has 196 valence electrons. The molecule has 4 rings (SSSR count). The Bertz CT molecular complexity index is 1220. The maximum absolute atomic E-state index is 13.5. The van der Waals surface area contributed by atoms with E-state index in [1.165, 1.54) is 36.4 Å². The van der Waals surface area contributed by atoms with Gasteiger partial charge in [-0.1, -0.05) is 48.0 Å². The molecule has 1 saturated heterocycles. The van der Waals surface area contributed by atoms with Gasteiger partial charge in [-0.2, -0.15) is 13.2 Å². The Labute approximate surface area is 215 Å². The summed E-state index contributed by atoms with van der Waals surface area (Å²) in [4.78, 5) is 17.4. The van der Waals surface area contributed by atoms with Gasteiger partial charge in [-0.15, -0.1) is 0 Å². The average molecular weight is 513 g/mol. The van der Waals surface area contributed by atoms with Crippen molar-refractivity contribution in [2.24, 2.45) is 5.92 Å². The van der Waals surface area contributed by atoms with Gasteiger partial charge in [0, 0.05) is 43.7 Å². The summed E-state index contributed by atoms with van der Waals surface area (Å²) in [5.41, 5.74) is 2.65. The Kier molecular flexibility index (Phi) is 8.02. The predicted molar refractivity (Wildman–Crippen MR) is 137 cm³/mol. The van der Waals surface area contributed by atoms with E-state index in [9.17, 15) is 22.4 Å². The molecule has 0 N–H and O–H groups in total. The molecular weight excluding hydrogens is 480 g/mol. The number of likely N-dealkylation sites (tertiary alicyclic amines) is 1. The van der Waals surface area contributed by atoms with E-state index in [1.54, 1.807) is 11.0 Å². The van der Waals surface area contributed by atoms with E-state index in [1.807, 2.05) is 32.9 Å². The molecule has 0 aromatic heterocycles. The lowest BCUT2D eigenvalue weighted by Gasteiger charge is -2.32. The Balaban J connectivity index is 1.63. The Morgan fingerprint density at radius 1 is 1.00 bits per heavy atom. The molecule has 3 nitrogen and oxygen atoms in total. The summed E-state index contributed by atoms with van der Waals surface area (Å²) < 4.78 is 53.9. The van der Waals surface area contributed by atoms with Gasteiger partial charge in [-0.3, -0.25) is 9.69 Å². The van der Waals surface area contributed by atoms with E-state index in [-0.39, 0.29) is 23.8 Å². The van der Waals surface area contributed by atoms with Crippen LogP contribution in [0.15, 0.2) is 72.8 Å². The van der Waals surface area contributed by atoms with E-state index >= 15 is 0 Å². The number of carbonyl (C=O) groups is 1. The SMILES string of the molecule is Cc1cccc(CN2CC(CN(C(=O)c3ccc(F)cc3)C(C)C)C(c3cccc(C(F)(F)F)c3)C2)c1. The van der Waals surface area contributed by atoms with Crippen molar-refractivity contribution in [3.8, 4) is 0 Å². The molecular formula is C30H32F4N2O. The van der Waals surface area contributed by atoms with Gasteiger partial charge in [-0.05, 0) is 68.1 Å². The van der Waals surface area contributed by atoms with E-state index in [0.717, 1.165) is 17.2 Å². The van der Waals surface area contributed by atoms with Gasteiger partial charge in [0.2, 0.25) is 0 Å². The largest absolute Gasteiger partial charge is 0.416 e. The number of alkyl halides is 3. The third-order valence-electron chi connectivity index (χ3n) is 7.05. The zero-order valence-corrected chi connectivity index (χ0v) is 21.3. The van der Waals surface area contributed by atoms with Crippen LogP contribution in [0.4, 0.5) is 17.6 Å². The molecule has 0 aliphatic carbocycles. The van der Waals surface area contributed by atoms with Crippen molar-refractivity contribution in [2.75, 3.05) is 19.6 Å². The lowest BCUT2D eigenvalue weighted by molar-refractivity contribution is -0.137. The summed E-state index contributed by atoms with van der Waals surface area (Å²) in [5, 5.41) is 0. The second-order valence-electron chi connectivity index (χ2n) is 10.2. The van der Waals surface area contributed by atoms with Crippen LogP contribution in [0.3, 0.4) is 0 Å². The number of hydrogen-bond donors (Lipinski definition) is 0. The molecule has 0 spiro atoms. The summed E-state index contributed by atoms with van der Waals surface area (Å²) in [5.74, 6) is -0.871. The van der Waals surface area contributed by atoms with Crippen LogP contribution in [0.25, 0.3) is 0 Å². The third kappa shape index (κ3) is 6.58. The first kappa shape index (κ1) is 26.9. The van der Waals surface area contributed by atoms with Gasteiger partial charge in [0.05, 0.1) is 5.56 Å². The second-order valence-corrected chi connectivity index (χ2v) is 10.2. The molecule has 1 aliphatic rings. The van der Waals surface area contributed by atoms with Crippen LogP contribution in [0.2, 0.25) is 0 Å². The molecule has 1 aliphatic heterocycles. The molecule has 7 heteroatoms. The quantitative estimate of drug-likeness (QED) is 0.321. The molecule has 3 aromatic rings. The van der Waals surface area contributed by atoms with Gasteiger partial charge < -0.3 is 4.90 Å². The topological polar surface area (TPSA) is 23.6 Å². The minimum absolute atomic E-state index is 0.0694. The standard InChI is InChI=1S/C30H32F4N2O/c1-20(2)36(29(37)23-10-12-27(31)13-11-23)18-25-17-35(16-22-7-4-6-21(3)14-22)19-28(25)24-8-5-9-26(15-24)30(32,33)34/h4-15,20,25,28H,16-19H2,1-3H3. The highest BCUT2D eigenvalue weighted by Crippen LogP contribution is 2.38. The average Bonchev–Trinajstić information content (AvgIpc) is 3.24. The van der Waals surface area contributed by atoms with Crippen LogP contribution in [-0.4, -0.2) is 41.4 Å². The Hall–Kier alpha value is -3.19. The number of nitrogens with zero attached hydrogens (tertiary/aromatic N) is 2. The summed E-state index contributed by atoms with van der Waals surface area (Å²) >= 11 is 0. The van der Waals surface area contributed by atoms with Crippen LogP contribution < -0.4 is 0 Å². The minimum Gasteiger partial charge on any atom is -0.336 e. The van der Waals surface area contributed by atoms with Crippen molar-refractivity contribution in [1.29, 1.82) is 0 Å². The maximum atomic E-state index is 13.5. The van der Waals surface area contributed by atoms with Crippen LogP contribution in [0, 0.1) is 18.7 Å². The lowest BCUT2D eigenvalue weighted by atomic mass is 9.87. The predicted octanol–water partition coefficient (Wildman–Crippen LogP) is 6.92. The number of halogens is 4. The van der Waals surface area contributed by atoms with E-state index in [2.05, 4.69) is 17.0 Å². The zero-order valence-electron chi connectivity index (χ0n) is 21.3. The van der Waals surface area contributed by atoms with Crippen molar-refractivity contribution in [1.82, 2.24) is 9.80 Å². The van der Waals surface area contributed by atoms with Crippen molar-refractivity contribution in [2.45, 2.75) is 45.5 Å². The highest BCUT2D eigenvalue weighted by Gasteiger charge is 2.38. The number of amides is 1. The van der Waals surface area contributed by atoms with E-state index in [4.69, 9.17) is 0 Å². The fourth-order valence-corrected chi connectivity index (χ4v) is 5.21. The van der Waals surface area contributed by atoms with Gasteiger partial charge >= 0.3 is 6.18 Å². The van der Waals surface area contributed by atoms with Gasteiger partial charge in [-0.25, -0.2) is 4.39 Å². The van der Waals surface area contributed by atoms with Crippen molar-refractivity contribution >= 4 is 5.91 Å². The highest BCUT2D eigenvalue weighted by atomic mass is 19.4. The van der Waals surface area contributed by atoms with Crippen LogP contribution in [0.5, 0.6) is 0 Å². The molecule has 1 amide bonds. The summed E-state index contributed by atoms with van der Waals surface area (Å²) in [7, 11) is 0. The smallest absolute Gasteiger partial charge is 0.336 e. The summed E-state index contributed by atoms with van der Waals surface area (Å²) in [6.45, 7) is 8.18. The van der Waals surface area contributed by atoms with E-state index < -0.39 is 17.6 Å². The molecule has 2 unspecified atom stereocenters. The third-order valence-corrected chi connectivity index (χ3v) is 7.05. The molecule has 2 atom stereocenters. The van der Waals surface area contributed by atoms with Crippen molar-refractivity contribution < 1.29 is 22.4 Å². The number of aryl methyl sites for hydroxylation is 1.